The Morgan fingerprint density at radius 1 is 0.955 bits per heavy atom. The molecule has 1 aliphatic heterocycles. The number of nitrogens with one attached hydrogen (secondary N) is 1. The average Bonchev–Trinajstić information content (AvgIpc) is 3.03. The van der Waals surface area contributed by atoms with Crippen molar-refractivity contribution in [1.29, 1.82) is 0 Å². The first kappa shape index (κ1) is 33.1. The van der Waals surface area contributed by atoms with Crippen LogP contribution in [0, 0.1) is 0 Å². The van der Waals surface area contributed by atoms with E-state index in [9.17, 15) is 14.7 Å². The number of carbonyl (C=O) groups is 2. The highest BCUT2D eigenvalue weighted by Gasteiger charge is 2.32. The number of aliphatic hydroxyl groups is 1. The third kappa shape index (κ3) is 9.86. The minimum absolute atomic E-state index is 0.00451. The van der Waals surface area contributed by atoms with Gasteiger partial charge in [-0.3, -0.25) is 9.59 Å². The van der Waals surface area contributed by atoms with Gasteiger partial charge in [-0.1, -0.05) is 85.3 Å². The quantitative estimate of drug-likeness (QED) is 0.134. The molecule has 0 spiro atoms. The third-order valence-electron chi connectivity index (χ3n) is 7.85. The summed E-state index contributed by atoms with van der Waals surface area (Å²) in [4.78, 5) is 25.2. The van der Waals surface area contributed by atoms with Crippen LogP contribution >= 0.6 is 0 Å². The van der Waals surface area contributed by atoms with E-state index in [2.05, 4.69) is 36.0 Å². The second-order valence-electron chi connectivity index (χ2n) is 11.4. The van der Waals surface area contributed by atoms with E-state index in [0.29, 0.717) is 25.8 Å². The van der Waals surface area contributed by atoms with Crippen LogP contribution in [0.3, 0.4) is 0 Å². The van der Waals surface area contributed by atoms with Crippen molar-refractivity contribution in [2.75, 3.05) is 20.1 Å². The Hall–Kier alpha value is -3.82. The second kappa shape index (κ2) is 16.9. The van der Waals surface area contributed by atoms with E-state index in [4.69, 9.17) is 14.6 Å². The van der Waals surface area contributed by atoms with Crippen LogP contribution in [0.1, 0.15) is 73.2 Å². The van der Waals surface area contributed by atoms with Gasteiger partial charge < -0.3 is 29.9 Å². The third-order valence-corrected chi connectivity index (χ3v) is 7.85. The van der Waals surface area contributed by atoms with Crippen molar-refractivity contribution in [2.45, 2.75) is 70.2 Å². The molecule has 234 valence electrons. The molecular formula is C36H44N2O6. The maximum Gasteiger partial charge on any atom is 0.303 e. The average molecular weight is 601 g/mol. The molecule has 8 heteroatoms. The zero-order chi connectivity index (χ0) is 31.3. The lowest BCUT2D eigenvalue weighted by atomic mass is 9.97. The number of nitrogens with zero attached hydrogens (tertiary/aromatic N) is 1. The first-order valence-electron chi connectivity index (χ1n) is 15.3. The first-order chi connectivity index (χ1) is 21.4. The van der Waals surface area contributed by atoms with Crippen molar-refractivity contribution in [3.63, 3.8) is 0 Å². The molecular weight excluding hydrogens is 556 g/mol. The predicted molar refractivity (Wildman–Crippen MR) is 171 cm³/mol. The number of aliphatic carboxylic acids is 1. The zero-order valence-corrected chi connectivity index (χ0v) is 25.5. The predicted octanol–water partition coefficient (Wildman–Crippen LogP) is 6.16. The Balaban J connectivity index is 1.43. The number of benzene rings is 3. The molecule has 3 aromatic rings. The van der Waals surface area contributed by atoms with E-state index in [0.717, 1.165) is 59.3 Å². The van der Waals surface area contributed by atoms with Crippen molar-refractivity contribution in [3.05, 3.63) is 108 Å². The molecule has 0 unspecified atom stereocenters. The second-order valence-corrected chi connectivity index (χ2v) is 11.4. The van der Waals surface area contributed by atoms with E-state index in [1.165, 1.54) is 0 Å². The number of amides is 1. The van der Waals surface area contributed by atoms with Gasteiger partial charge in [-0.05, 0) is 47.7 Å². The molecule has 0 bridgehead atoms. The minimum Gasteiger partial charge on any atom is -0.481 e. The molecule has 0 radical (unpaired) electrons. The number of hydrogen-bond acceptors (Lipinski definition) is 6. The van der Waals surface area contributed by atoms with Gasteiger partial charge in [0.2, 0.25) is 5.91 Å². The maximum absolute atomic E-state index is 12.4. The fraction of sp³-hybridized carbons (Fsp3) is 0.389. The molecule has 4 rings (SSSR count). The first-order valence-corrected chi connectivity index (χ1v) is 15.3. The minimum atomic E-state index is -0.802. The summed E-state index contributed by atoms with van der Waals surface area (Å²) in [6.07, 6.45) is 4.39. The Kier molecular flexibility index (Phi) is 12.7. The number of carboxylic acids is 1. The van der Waals surface area contributed by atoms with Crippen molar-refractivity contribution in [2.24, 2.45) is 0 Å². The van der Waals surface area contributed by atoms with Gasteiger partial charge in [0, 0.05) is 44.5 Å². The summed E-state index contributed by atoms with van der Waals surface area (Å²) in [6.45, 7) is 5.78. The summed E-state index contributed by atoms with van der Waals surface area (Å²) in [5.74, 6) is -0.839. The highest BCUT2D eigenvalue weighted by Crippen LogP contribution is 2.38. The Labute approximate surface area is 260 Å². The Morgan fingerprint density at radius 3 is 2.36 bits per heavy atom. The molecule has 0 saturated carbocycles. The number of aliphatic hydroxyl groups excluding tert-OH is 1. The molecule has 1 heterocycles. The lowest BCUT2D eigenvalue weighted by Crippen LogP contribution is -2.37. The maximum atomic E-state index is 12.4. The van der Waals surface area contributed by atoms with Gasteiger partial charge in [-0.15, -0.1) is 6.58 Å². The fourth-order valence-corrected chi connectivity index (χ4v) is 5.47. The van der Waals surface area contributed by atoms with Crippen molar-refractivity contribution in [3.8, 4) is 11.1 Å². The topological polar surface area (TPSA) is 108 Å². The van der Waals surface area contributed by atoms with E-state index < -0.39 is 12.3 Å². The van der Waals surface area contributed by atoms with Gasteiger partial charge in [0.25, 0.3) is 0 Å². The smallest absolute Gasteiger partial charge is 0.303 e. The van der Waals surface area contributed by atoms with E-state index >= 15 is 0 Å². The SMILES string of the molecule is C=CCN(C)C[C@@H]1C[C@H](c2ccc(CO)cc2)O[C@H](c2ccc(-c3ccccc3CNC(=O)CCCCCC(=O)O)cc2)O1. The molecule has 0 aliphatic carbocycles. The van der Waals surface area contributed by atoms with Crippen LogP contribution in [-0.2, 0) is 32.2 Å². The highest BCUT2D eigenvalue weighted by molar-refractivity contribution is 5.76. The van der Waals surface area contributed by atoms with Gasteiger partial charge >= 0.3 is 5.97 Å². The Bertz CT molecular complexity index is 1360. The van der Waals surface area contributed by atoms with E-state index in [1.54, 1.807) is 0 Å². The molecule has 1 aliphatic rings. The van der Waals surface area contributed by atoms with Crippen molar-refractivity contribution >= 4 is 11.9 Å². The van der Waals surface area contributed by atoms with Crippen LogP contribution in [0.25, 0.3) is 11.1 Å². The van der Waals surface area contributed by atoms with Gasteiger partial charge in [0.1, 0.15) is 0 Å². The van der Waals surface area contributed by atoms with Crippen LogP contribution in [0.4, 0.5) is 0 Å². The molecule has 3 aromatic carbocycles. The molecule has 44 heavy (non-hydrogen) atoms. The summed E-state index contributed by atoms with van der Waals surface area (Å²) in [6, 6.07) is 24.1. The number of likely N-dealkylation sites (N-methyl/N-ethyl adjacent to an activating group) is 1. The Morgan fingerprint density at radius 2 is 1.66 bits per heavy atom. The summed E-state index contributed by atoms with van der Waals surface area (Å²) < 4.78 is 13.0. The normalized spacial score (nSPS) is 18.2. The summed E-state index contributed by atoms with van der Waals surface area (Å²) in [7, 11) is 2.05. The fourth-order valence-electron chi connectivity index (χ4n) is 5.47. The summed E-state index contributed by atoms with van der Waals surface area (Å²) in [5.41, 5.74) is 5.93. The molecule has 1 saturated heterocycles. The van der Waals surface area contributed by atoms with Crippen molar-refractivity contribution < 1.29 is 29.3 Å². The number of hydrogen-bond donors (Lipinski definition) is 3. The summed E-state index contributed by atoms with van der Waals surface area (Å²) in [5, 5.41) is 21.2. The molecule has 3 N–H and O–H groups in total. The highest BCUT2D eigenvalue weighted by atomic mass is 16.7. The molecule has 0 aromatic heterocycles. The monoisotopic (exact) mass is 600 g/mol. The standard InChI is InChI=1S/C36H44N2O6/c1-3-21-38(2)24-31-22-33(28-15-13-26(25-39)14-16-28)44-36(43-31)29-19-17-27(18-20-29)32-10-8-7-9-30(32)23-37-34(40)11-5-4-6-12-35(41)42/h3,7-10,13-20,31,33,36,39H,1,4-6,11-12,21-25H2,2H3,(H,37,40)(H,41,42)/t31-,33+,36+/m0/s1. The molecule has 8 nitrogen and oxygen atoms in total. The van der Waals surface area contributed by atoms with Crippen LogP contribution < -0.4 is 5.32 Å². The number of rotatable bonds is 16. The van der Waals surface area contributed by atoms with Gasteiger partial charge in [0.15, 0.2) is 6.29 Å². The lowest BCUT2D eigenvalue weighted by Gasteiger charge is -2.37. The number of carbonyl (C=O) groups excluding carboxylic acids is 1. The van der Waals surface area contributed by atoms with Crippen LogP contribution in [0.15, 0.2) is 85.5 Å². The van der Waals surface area contributed by atoms with Crippen LogP contribution in [0.2, 0.25) is 0 Å². The van der Waals surface area contributed by atoms with E-state index in [-0.39, 0.29) is 31.1 Å². The molecule has 1 amide bonds. The zero-order valence-electron chi connectivity index (χ0n) is 25.5. The van der Waals surface area contributed by atoms with Gasteiger partial charge in [0.05, 0.1) is 18.8 Å². The van der Waals surface area contributed by atoms with Crippen molar-refractivity contribution in [1.82, 2.24) is 10.2 Å². The van der Waals surface area contributed by atoms with Crippen LogP contribution in [-0.4, -0.2) is 53.2 Å². The van der Waals surface area contributed by atoms with E-state index in [1.807, 2.05) is 66.7 Å². The number of unbranched alkanes of at least 4 members (excludes halogenated alkanes) is 2. The number of ether oxygens (including phenoxy) is 2. The van der Waals surface area contributed by atoms with Gasteiger partial charge in [-0.25, -0.2) is 0 Å². The summed E-state index contributed by atoms with van der Waals surface area (Å²) >= 11 is 0. The van der Waals surface area contributed by atoms with Crippen LogP contribution in [0.5, 0.6) is 0 Å². The molecule has 1 fully saturated rings. The van der Waals surface area contributed by atoms with Gasteiger partial charge in [-0.2, -0.15) is 0 Å². The largest absolute Gasteiger partial charge is 0.481 e. The number of carboxylic acid groups (broad SMARTS) is 1. The lowest BCUT2D eigenvalue weighted by molar-refractivity contribution is -0.252. The molecule has 3 atom stereocenters.